The minimum absolute atomic E-state index is 0.0280. The number of aromatic amines is 1. The van der Waals surface area contributed by atoms with Crippen LogP contribution in [0.5, 0.6) is 0 Å². The lowest BCUT2D eigenvalue weighted by Crippen LogP contribution is -2.51. The molecule has 0 bridgehead atoms. The van der Waals surface area contributed by atoms with Crippen molar-refractivity contribution >= 4 is 33.9 Å². The Morgan fingerprint density at radius 2 is 1.82 bits per heavy atom. The molecule has 0 radical (unpaired) electrons. The van der Waals surface area contributed by atoms with Gasteiger partial charge < -0.3 is 25.2 Å². The number of aromatic nitrogens is 5. The number of aliphatic hydroxyl groups is 2. The number of carboxylic acids is 2. The number of fused-ring (bicyclic) bond motifs is 2. The van der Waals surface area contributed by atoms with E-state index in [1.54, 1.807) is 48.5 Å². The molecule has 0 saturated heterocycles. The molecule has 5 rings (SSSR count). The lowest BCUT2D eigenvalue weighted by atomic mass is 9.94. The van der Waals surface area contributed by atoms with Gasteiger partial charge in [-0.2, -0.15) is 5.10 Å². The largest absolute Gasteiger partial charge is 0.479 e. The maximum Gasteiger partial charge on any atom is 0.348 e. The minimum atomic E-state index is -2.53. The third kappa shape index (κ3) is 4.69. The predicted octanol–water partition coefficient (Wildman–Crippen LogP) is 2.13. The first-order chi connectivity index (χ1) is 18.7. The Hall–Kier alpha value is -4.72. The van der Waals surface area contributed by atoms with E-state index >= 15 is 0 Å². The molecule has 0 fully saturated rings. The number of nitrogens with zero attached hydrogens (tertiary/aromatic N) is 4. The topological polar surface area (TPSA) is 184 Å². The molecular weight excluding hydrogens is 513 g/mol. The van der Waals surface area contributed by atoms with E-state index in [9.17, 15) is 34.4 Å². The summed E-state index contributed by atoms with van der Waals surface area (Å²) in [4.78, 5) is 24.2. The van der Waals surface area contributed by atoms with E-state index in [4.69, 9.17) is 4.74 Å². The molecule has 39 heavy (non-hydrogen) atoms. The number of carboxylic acid groups (broad SMARTS) is 2. The van der Waals surface area contributed by atoms with Gasteiger partial charge >= 0.3 is 11.9 Å². The second-order valence-corrected chi connectivity index (χ2v) is 8.86. The van der Waals surface area contributed by atoms with E-state index < -0.39 is 49.1 Å². The van der Waals surface area contributed by atoms with Gasteiger partial charge in [-0.1, -0.05) is 35.5 Å². The Bertz CT molecular complexity index is 1670. The van der Waals surface area contributed by atoms with Crippen LogP contribution in [0.3, 0.4) is 0 Å². The van der Waals surface area contributed by atoms with E-state index in [0.717, 1.165) is 6.07 Å². The maximum atomic E-state index is 14.5. The molecule has 3 aromatic carbocycles. The van der Waals surface area contributed by atoms with Crippen LogP contribution in [-0.4, -0.2) is 69.8 Å². The molecule has 2 heterocycles. The van der Waals surface area contributed by atoms with E-state index in [1.807, 2.05) is 0 Å². The summed E-state index contributed by atoms with van der Waals surface area (Å²) in [5, 5.41) is 54.2. The number of hydrogen-bond donors (Lipinski definition) is 5. The van der Waals surface area contributed by atoms with E-state index in [-0.39, 0.29) is 22.3 Å². The minimum Gasteiger partial charge on any atom is -0.479 e. The lowest BCUT2D eigenvalue weighted by molar-refractivity contribution is -0.185. The van der Waals surface area contributed by atoms with Gasteiger partial charge in [-0.15, -0.1) is 5.10 Å². The van der Waals surface area contributed by atoms with Gasteiger partial charge in [0.2, 0.25) is 0 Å². The second kappa shape index (κ2) is 10.2. The maximum absolute atomic E-state index is 14.5. The van der Waals surface area contributed by atoms with Gasteiger partial charge in [0.25, 0.3) is 5.60 Å². The molecule has 200 valence electrons. The molecule has 0 spiro atoms. The average molecular weight is 535 g/mol. The first kappa shape index (κ1) is 25.9. The van der Waals surface area contributed by atoms with Crippen molar-refractivity contribution in [3.05, 3.63) is 83.3 Å². The van der Waals surface area contributed by atoms with Crippen molar-refractivity contribution in [2.24, 2.45) is 0 Å². The Labute approximate surface area is 218 Å². The molecule has 13 heteroatoms. The van der Waals surface area contributed by atoms with Crippen molar-refractivity contribution in [1.29, 1.82) is 0 Å². The molecular formula is C26H22FN5O7. The molecule has 5 aromatic rings. The van der Waals surface area contributed by atoms with Gasteiger partial charge in [-0.3, -0.25) is 5.10 Å². The zero-order valence-electron chi connectivity index (χ0n) is 20.2. The third-order valence-electron chi connectivity index (χ3n) is 6.40. The number of hydrogen-bond acceptors (Lipinski definition) is 8. The van der Waals surface area contributed by atoms with Gasteiger partial charge in [0.15, 0.2) is 5.82 Å². The number of nitrogens with one attached hydrogen (secondary N) is 1. The zero-order chi connectivity index (χ0) is 27.7. The predicted molar refractivity (Wildman–Crippen MR) is 133 cm³/mol. The van der Waals surface area contributed by atoms with Crippen LogP contribution in [0.15, 0.2) is 60.7 Å². The van der Waals surface area contributed by atoms with Crippen molar-refractivity contribution in [2.75, 3.05) is 6.61 Å². The summed E-state index contributed by atoms with van der Waals surface area (Å²) in [6.07, 6.45) is -1.68. The smallest absolute Gasteiger partial charge is 0.348 e. The van der Waals surface area contributed by atoms with Crippen LogP contribution in [-0.2, 0) is 27.4 Å². The molecule has 12 nitrogen and oxygen atoms in total. The summed E-state index contributed by atoms with van der Waals surface area (Å²) in [7, 11) is 0. The molecule has 0 saturated carbocycles. The number of halogens is 1. The normalized spacial score (nSPS) is 12.7. The summed E-state index contributed by atoms with van der Waals surface area (Å²) >= 11 is 0. The molecule has 5 N–H and O–H groups in total. The van der Waals surface area contributed by atoms with Crippen molar-refractivity contribution in [1.82, 2.24) is 25.2 Å². The van der Waals surface area contributed by atoms with Crippen molar-refractivity contribution in [3.8, 4) is 5.69 Å². The van der Waals surface area contributed by atoms with Gasteiger partial charge in [-0.05, 0) is 41.5 Å². The Morgan fingerprint density at radius 1 is 1.08 bits per heavy atom. The van der Waals surface area contributed by atoms with Crippen LogP contribution in [0.2, 0.25) is 0 Å². The number of benzene rings is 3. The van der Waals surface area contributed by atoms with Gasteiger partial charge in [0, 0.05) is 11.8 Å². The molecule has 0 aliphatic carbocycles. The Kier molecular flexibility index (Phi) is 6.78. The number of aliphatic hydroxyl groups excluding tert-OH is 2. The summed E-state index contributed by atoms with van der Waals surface area (Å²) in [6.45, 7) is -1.00. The summed E-state index contributed by atoms with van der Waals surface area (Å²) in [5.41, 5.74) is -0.444. The fourth-order valence-corrected chi connectivity index (χ4v) is 4.29. The van der Waals surface area contributed by atoms with Crippen LogP contribution in [0.1, 0.15) is 22.9 Å². The molecule has 1 atom stereocenters. The third-order valence-corrected chi connectivity index (χ3v) is 6.40. The molecule has 0 amide bonds. The van der Waals surface area contributed by atoms with Crippen LogP contribution < -0.4 is 0 Å². The molecule has 2 aromatic heterocycles. The van der Waals surface area contributed by atoms with E-state index in [2.05, 4.69) is 20.5 Å². The first-order valence-corrected chi connectivity index (χ1v) is 11.7. The summed E-state index contributed by atoms with van der Waals surface area (Å²) < 4.78 is 21.4. The van der Waals surface area contributed by atoms with Crippen LogP contribution in [0.25, 0.3) is 27.6 Å². The van der Waals surface area contributed by atoms with Crippen molar-refractivity contribution in [2.45, 2.75) is 24.7 Å². The zero-order valence-corrected chi connectivity index (χ0v) is 20.2. The van der Waals surface area contributed by atoms with E-state index in [1.165, 1.54) is 10.7 Å². The van der Waals surface area contributed by atoms with E-state index in [0.29, 0.717) is 22.2 Å². The summed E-state index contributed by atoms with van der Waals surface area (Å²) in [5.74, 6) is -3.99. The molecule has 0 aliphatic rings. The average Bonchev–Trinajstić information content (AvgIpc) is 3.55. The number of aliphatic carboxylic acids is 2. The van der Waals surface area contributed by atoms with Gasteiger partial charge in [0.1, 0.15) is 11.6 Å². The van der Waals surface area contributed by atoms with Gasteiger partial charge in [-0.25, -0.2) is 18.7 Å². The highest BCUT2D eigenvalue weighted by Crippen LogP contribution is 2.28. The SMILES string of the molecule is O=C(O)C(Cc1ccccc1)(OCc1n[nH]c2cc(-n3nnc4c(F)cc([C@@H](O)CO)cc43)ccc12)C(=O)O. The van der Waals surface area contributed by atoms with Crippen LogP contribution in [0.4, 0.5) is 4.39 Å². The number of ether oxygens (including phenoxy) is 1. The van der Waals surface area contributed by atoms with Gasteiger partial charge in [0.05, 0.1) is 35.6 Å². The number of carbonyl (C=O) groups is 2. The monoisotopic (exact) mass is 535 g/mol. The quantitative estimate of drug-likeness (QED) is 0.166. The standard InChI is InChI=1S/C26H22FN5O7/c27-18-8-15(22(34)12-33)9-21-23(18)30-31-32(21)16-6-7-17-19(10-16)28-29-20(17)13-39-26(24(35)36,25(37)38)11-14-4-2-1-3-5-14/h1-10,22,33-34H,11-13H2,(H,28,29)(H,35,36)(H,37,38)/t22-/m0/s1. The Morgan fingerprint density at radius 3 is 2.51 bits per heavy atom. The number of rotatable bonds is 10. The fraction of sp³-hybridized carbons (Fsp3) is 0.192. The highest BCUT2D eigenvalue weighted by Gasteiger charge is 2.48. The molecule has 0 unspecified atom stereocenters. The summed E-state index contributed by atoms with van der Waals surface area (Å²) in [6, 6.07) is 15.8. The molecule has 0 aliphatic heterocycles. The fourth-order valence-electron chi connectivity index (χ4n) is 4.29. The van der Waals surface area contributed by atoms with Crippen LogP contribution in [0, 0.1) is 5.82 Å². The first-order valence-electron chi connectivity index (χ1n) is 11.7. The highest BCUT2D eigenvalue weighted by atomic mass is 19.1. The van der Waals surface area contributed by atoms with Crippen molar-refractivity contribution in [3.63, 3.8) is 0 Å². The van der Waals surface area contributed by atoms with Crippen LogP contribution >= 0.6 is 0 Å². The highest BCUT2D eigenvalue weighted by molar-refractivity contribution is 6.02. The van der Waals surface area contributed by atoms with Crippen molar-refractivity contribution < 1.29 is 39.1 Å². The Balaban J connectivity index is 1.46. The number of H-pyrrole nitrogens is 1. The lowest BCUT2D eigenvalue weighted by Gasteiger charge is -2.25. The second-order valence-electron chi connectivity index (χ2n) is 8.86.